The van der Waals surface area contributed by atoms with Crippen LogP contribution in [0.4, 0.5) is 0 Å². The Morgan fingerprint density at radius 3 is 2.75 bits per heavy atom. The monoisotopic (exact) mass is 378 g/mol. The van der Waals surface area contributed by atoms with Crippen molar-refractivity contribution in [2.24, 2.45) is 7.05 Å². The molecule has 0 aliphatic carbocycles. The fourth-order valence-electron chi connectivity index (χ4n) is 3.95. The lowest BCUT2D eigenvalue weighted by molar-refractivity contribution is 0.0762. The molecule has 0 saturated carbocycles. The Bertz CT molecular complexity index is 1020. The number of Topliss-reactive ketones (excluding diaryl/α,β-unsaturated/α-hetero) is 1. The minimum Gasteiger partial charge on any atom is -0.361 e. The molecule has 3 heterocycles. The van der Waals surface area contributed by atoms with Crippen LogP contribution < -0.4 is 0 Å². The summed E-state index contributed by atoms with van der Waals surface area (Å²) in [6, 6.07) is 9.82. The van der Waals surface area contributed by atoms with E-state index >= 15 is 0 Å². The average Bonchev–Trinajstić information content (AvgIpc) is 3.23. The molecule has 1 aliphatic rings. The molecule has 0 bridgehead atoms. The molecule has 1 amide bonds. The zero-order chi connectivity index (χ0) is 19.7. The van der Waals surface area contributed by atoms with Crippen molar-refractivity contribution < 1.29 is 9.59 Å². The van der Waals surface area contributed by atoms with Crippen LogP contribution in [0.25, 0.3) is 10.9 Å². The van der Waals surface area contributed by atoms with Gasteiger partial charge in [0, 0.05) is 68.8 Å². The lowest BCUT2D eigenvalue weighted by Crippen LogP contribution is -2.35. The number of hydrogen-bond donors (Lipinski definition) is 1. The lowest BCUT2D eigenvalue weighted by Gasteiger charge is -2.22. The third kappa shape index (κ3) is 3.60. The largest absolute Gasteiger partial charge is 0.361 e. The Morgan fingerprint density at radius 2 is 1.96 bits per heavy atom. The number of fused-ring (bicyclic) bond motifs is 1. The van der Waals surface area contributed by atoms with E-state index in [1.54, 1.807) is 6.92 Å². The Labute approximate surface area is 164 Å². The number of H-pyrrole nitrogens is 1. The molecule has 3 aromatic rings. The van der Waals surface area contributed by atoms with Gasteiger partial charge in [0.15, 0.2) is 5.78 Å². The van der Waals surface area contributed by atoms with Crippen LogP contribution in [0.15, 0.2) is 42.7 Å². The second-order valence-electron chi connectivity index (χ2n) is 7.56. The van der Waals surface area contributed by atoms with E-state index in [1.807, 2.05) is 59.2 Å². The minimum absolute atomic E-state index is 0.0904. The average molecular weight is 378 g/mol. The maximum absolute atomic E-state index is 13.1. The Hall–Kier alpha value is -2.86. The number of aromatic amines is 1. The van der Waals surface area contributed by atoms with Gasteiger partial charge in [0.25, 0.3) is 5.91 Å². The summed E-state index contributed by atoms with van der Waals surface area (Å²) in [6.45, 7) is 5.62. The van der Waals surface area contributed by atoms with E-state index in [1.165, 1.54) is 0 Å². The molecule has 0 atom stereocenters. The number of nitrogens with zero attached hydrogens (tertiary/aromatic N) is 3. The van der Waals surface area contributed by atoms with E-state index in [2.05, 4.69) is 9.88 Å². The molecule has 1 fully saturated rings. The zero-order valence-corrected chi connectivity index (χ0v) is 16.4. The Morgan fingerprint density at radius 1 is 1.11 bits per heavy atom. The number of aromatic nitrogens is 2. The number of amides is 1. The van der Waals surface area contributed by atoms with Crippen molar-refractivity contribution in [2.45, 2.75) is 19.9 Å². The zero-order valence-electron chi connectivity index (χ0n) is 16.4. The van der Waals surface area contributed by atoms with Gasteiger partial charge < -0.3 is 14.5 Å². The molecular formula is C22H26N4O2. The fourth-order valence-corrected chi connectivity index (χ4v) is 3.95. The van der Waals surface area contributed by atoms with E-state index in [4.69, 9.17) is 0 Å². The summed E-state index contributed by atoms with van der Waals surface area (Å²) >= 11 is 0. The SMILES string of the molecule is CC(=O)c1cc(CN2CCCN(C(=O)c3cccc4cc[nH]c34)CC2)n(C)c1. The van der Waals surface area contributed by atoms with E-state index in [0.29, 0.717) is 6.54 Å². The van der Waals surface area contributed by atoms with Crippen molar-refractivity contribution in [3.8, 4) is 0 Å². The van der Waals surface area contributed by atoms with Gasteiger partial charge in [-0.2, -0.15) is 0 Å². The molecule has 0 radical (unpaired) electrons. The summed E-state index contributed by atoms with van der Waals surface area (Å²) < 4.78 is 2.02. The van der Waals surface area contributed by atoms with Crippen LogP contribution in [0.3, 0.4) is 0 Å². The summed E-state index contributed by atoms with van der Waals surface area (Å²) in [4.78, 5) is 32.2. The van der Waals surface area contributed by atoms with Gasteiger partial charge in [-0.25, -0.2) is 0 Å². The maximum Gasteiger partial charge on any atom is 0.256 e. The molecule has 146 valence electrons. The van der Waals surface area contributed by atoms with Crippen molar-refractivity contribution >= 4 is 22.6 Å². The maximum atomic E-state index is 13.1. The van der Waals surface area contributed by atoms with Gasteiger partial charge in [0.2, 0.25) is 0 Å². The van der Waals surface area contributed by atoms with Gasteiger partial charge in [-0.15, -0.1) is 0 Å². The van der Waals surface area contributed by atoms with Gasteiger partial charge in [-0.3, -0.25) is 14.5 Å². The minimum atomic E-state index is 0.0904. The molecule has 1 saturated heterocycles. The molecule has 0 spiro atoms. The summed E-state index contributed by atoms with van der Waals surface area (Å²) in [5.41, 5.74) is 3.53. The highest BCUT2D eigenvalue weighted by atomic mass is 16.2. The highest BCUT2D eigenvalue weighted by Crippen LogP contribution is 2.20. The first-order chi connectivity index (χ1) is 13.5. The first-order valence-electron chi connectivity index (χ1n) is 9.77. The van der Waals surface area contributed by atoms with Crippen molar-refractivity contribution in [3.63, 3.8) is 0 Å². The van der Waals surface area contributed by atoms with Crippen LogP contribution in [-0.2, 0) is 13.6 Å². The number of nitrogens with one attached hydrogen (secondary N) is 1. The van der Waals surface area contributed by atoms with Crippen LogP contribution in [0.1, 0.15) is 39.8 Å². The number of para-hydroxylation sites is 1. The smallest absolute Gasteiger partial charge is 0.256 e. The number of carbonyl (C=O) groups is 2. The van der Waals surface area contributed by atoms with Gasteiger partial charge in [0.1, 0.15) is 0 Å². The van der Waals surface area contributed by atoms with Crippen LogP contribution >= 0.6 is 0 Å². The van der Waals surface area contributed by atoms with E-state index in [9.17, 15) is 9.59 Å². The van der Waals surface area contributed by atoms with Crippen LogP contribution in [0.2, 0.25) is 0 Å². The predicted molar refractivity (Wildman–Crippen MR) is 110 cm³/mol. The number of carbonyl (C=O) groups excluding carboxylic acids is 2. The highest BCUT2D eigenvalue weighted by Gasteiger charge is 2.22. The normalized spacial score (nSPS) is 15.7. The number of aryl methyl sites for hydroxylation is 1. The fraction of sp³-hybridized carbons (Fsp3) is 0.364. The molecule has 1 N–H and O–H groups in total. The number of hydrogen-bond acceptors (Lipinski definition) is 3. The van der Waals surface area contributed by atoms with E-state index in [-0.39, 0.29) is 11.7 Å². The third-order valence-corrected chi connectivity index (χ3v) is 5.59. The van der Waals surface area contributed by atoms with Crippen molar-refractivity contribution in [3.05, 3.63) is 59.5 Å². The summed E-state index contributed by atoms with van der Waals surface area (Å²) in [6.07, 6.45) is 4.71. The van der Waals surface area contributed by atoms with Crippen LogP contribution in [0, 0.1) is 0 Å². The van der Waals surface area contributed by atoms with Crippen LogP contribution in [-0.4, -0.2) is 57.2 Å². The summed E-state index contributed by atoms with van der Waals surface area (Å²) in [5, 5.41) is 1.06. The lowest BCUT2D eigenvalue weighted by atomic mass is 10.1. The molecule has 4 rings (SSSR count). The molecular weight excluding hydrogens is 352 g/mol. The van der Waals surface area contributed by atoms with Crippen molar-refractivity contribution in [1.82, 2.24) is 19.4 Å². The second kappa shape index (κ2) is 7.64. The Kier molecular flexibility index (Phi) is 5.05. The van der Waals surface area contributed by atoms with Crippen molar-refractivity contribution in [1.29, 1.82) is 0 Å². The molecule has 28 heavy (non-hydrogen) atoms. The first kappa shape index (κ1) is 18.5. The Balaban J connectivity index is 1.44. The molecule has 6 nitrogen and oxygen atoms in total. The van der Waals surface area contributed by atoms with Crippen molar-refractivity contribution in [2.75, 3.05) is 26.2 Å². The topological polar surface area (TPSA) is 61.3 Å². The quantitative estimate of drug-likeness (QED) is 0.710. The molecule has 0 unspecified atom stereocenters. The molecule has 1 aliphatic heterocycles. The molecule has 2 aromatic heterocycles. The van der Waals surface area contributed by atoms with E-state index in [0.717, 1.165) is 60.3 Å². The highest BCUT2D eigenvalue weighted by molar-refractivity contribution is 6.05. The standard InChI is InChI=1S/C22H26N4O2/c1-16(27)18-13-19(24(2)14-18)15-25-9-4-10-26(12-11-25)22(28)20-6-3-5-17-7-8-23-21(17)20/h3,5-8,13-14,23H,4,9-12,15H2,1-2H3. The van der Waals surface area contributed by atoms with Gasteiger partial charge >= 0.3 is 0 Å². The van der Waals surface area contributed by atoms with Gasteiger partial charge in [-0.1, -0.05) is 12.1 Å². The van der Waals surface area contributed by atoms with E-state index < -0.39 is 0 Å². The first-order valence-corrected chi connectivity index (χ1v) is 9.77. The molecule has 1 aromatic carbocycles. The number of ketones is 1. The van der Waals surface area contributed by atoms with Gasteiger partial charge in [-0.05, 0) is 31.5 Å². The second-order valence-corrected chi connectivity index (χ2v) is 7.56. The third-order valence-electron chi connectivity index (χ3n) is 5.59. The summed E-state index contributed by atoms with van der Waals surface area (Å²) in [7, 11) is 1.98. The molecule has 6 heteroatoms. The predicted octanol–water partition coefficient (Wildman–Crippen LogP) is 3.06. The summed E-state index contributed by atoms with van der Waals surface area (Å²) in [5.74, 6) is 0.181. The number of benzene rings is 1. The number of rotatable bonds is 4. The van der Waals surface area contributed by atoms with Crippen LogP contribution in [0.5, 0.6) is 0 Å². The van der Waals surface area contributed by atoms with Gasteiger partial charge in [0.05, 0.1) is 11.1 Å².